The summed E-state index contributed by atoms with van der Waals surface area (Å²) in [5, 5.41) is 6.67. The Bertz CT molecular complexity index is 330. The summed E-state index contributed by atoms with van der Waals surface area (Å²) < 4.78 is 21.5. The topological polar surface area (TPSA) is 59.9 Å². The van der Waals surface area contributed by atoms with E-state index in [4.69, 9.17) is 11.6 Å². The first-order valence-corrected chi connectivity index (χ1v) is 5.28. The maximum atomic E-state index is 10.7. The monoisotopic (exact) mass is 198 g/mol. The van der Waals surface area contributed by atoms with Gasteiger partial charge in [0.2, 0.25) is 18.6 Å². The zero-order valence-corrected chi connectivity index (χ0v) is 7.29. The second kappa shape index (κ2) is 2.44. The summed E-state index contributed by atoms with van der Waals surface area (Å²) in [5.41, 5.74) is 0. The van der Waals surface area contributed by atoms with Crippen LogP contribution in [0.4, 0.5) is 0 Å². The Labute approximate surface area is 66.8 Å². The van der Waals surface area contributed by atoms with Crippen LogP contribution in [0.3, 0.4) is 0 Å². The highest BCUT2D eigenvalue weighted by Gasteiger charge is 2.12. The Kier molecular flexibility index (Phi) is 1.93. The van der Waals surface area contributed by atoms with Gasteiger partial charge in [-0.15, -0.1) is 10.2 Å². The molecule has 10 heavy (non-hydrogen) atoms. The molecule has 4 nitrogen and oxygen atoms in total. The van der Waals surface area contributed by atoms with Crippen molar-refractivity contribution in [2.45, 2.75) is 4.34 Å². The lowest BCUT2D eigenvalue weighted by molar-refractivity contribution is 0.600. The van der Waals surface area contributed by atoms with Crippen LogP contribution in [0, 0.1) is 0 Å². The van der Waals surface area contributed by atoms with Crippen molar-refractivity contribution in [2.75, 3.05) is 6.26 Å². The SMILES string of the molecule is CS(=O)(=O)c1nnc(Cl)s1. The Morgan fingerprint density at radius 1 is 1.50 bits per heavy atom. The molecular formula is C3H3ClN2O2S2. The first-order chi connectivity index (χ1) is 4.50. The molecule has 0 saturated heterocycles. The van der Waals surface area contributed by atoms with E-state index in [-0.39, 0.29) is 8.81 Å². The van der Waals surface area contributed by atoms with E-state index in [1.807, 2.05) is 0 Å². The average Bonchev–Trinajstić information content (AvgIpc) is 2.11. The van der Waals surface area contributed by atoms with Crippen molar-refractivity contribution < 1.29 is 8.42 Å². The van der Waals surface area contributed by atoms with Gasteiger partial charge in [-0.2, -0.15) is 0 Å². The Balaban J connectivity index is 3.21. The van der Waals surface area contributed by atoms with Crippen LogP contribution in [0.5, 0.6) is 0 Å². The smallest absolute Gasteiger partial charge is 0.221 e. The van der Waals surface area contributed by atoms with E-state index in [1.54, 1.807) is 0 Å². The Morgan fingerprint density at radius 3 is 2.30 bits per heavy atom. The highest BCUT2D eigenvalue weighted by molar-refractivity contribution is 7.92. The van der Waals surface area contributed by atoms with Crippen LogP contribution in [0.2, 0.25) is 4.47 Å². The second-order valence-corrected chi connectivity index (χ2v) is 5.34. The molecule has 0 atom stereocenters. The van der Waals surface area contributed by atoms with Gasteiger partial charge in [-0.25, -0.2) is 8.42 Å². The first-order valence-electron chi connectivity index (χ1n) is 2.19. The van der Waals surface area contributed by atoms with Gasteiger partial charge in [0.05, 0.1) is 0 Å². The van der Waals surface area contributed by atoms with Gasteiger partial charge >= 0.3 is 0 Å². The van der Waals surface area contributed by atoms with Gasteiger partial charge in [-0.05, 0) is 11.6 Å². The van der Waals surface area contributed by atoms with Gasteiger partial charge in [0.15, 0.2) is 0 Å². The first kappa shape index (κ1) is 7.90. The predicted molar refractivity (Wildman–Crippen MR) is 38.0 cm³/mol. The van der Waals surface area contributed by atoms with Crippen molar-refractivity contribution >= 4 is 32.8 Å². The molecule has 0 spiro atoms. The molecule has 0 amide bonds. The Morgan fingerprint density at radius 2 is 2.10 bits per heavy atom. The molecule has 1 aromatic rings. The maximum absolute atomic E-state index is 10.7. The molecule has 0 aromatic carbocycles. The van der Waals surface area contributed by atoms with Gasteiger partial charge in [-0.3, -0.25) is 0 Å². The molecular weight excluding hydrogens is 196 g/mol. The molecule has 0 unspecified atom stereocenters. The van der Waals surface area contributed by atoms with Crippen LogP contribution in [-0.2, 0) is 9.84 Å². The van der Waals surface area contributed by atoms with Crippen LogP contribution < -0.4 is 0 Å². The van der Waals surface area contributed by atoms with Crippen LogP contribution in [0.1, 0.15) is 0 Å². The van der Waals surface area contributed by atoms with Gasteiger partial charge in [0, 0.05) is 6.26 Å². The molecule has 0 radical (unpaired) electrons. The van der Waals surface area contributed by atoms with Crippen molar-refractivity contribution in [3.8, 4) is 0 Å². The van der Waals surface area contributed by atoms with Crippen molar-refractivity contribution in [3.05, 3.63) is 4.47 Å². The fourth-order valence-electron chi connectivity index (χ4n) is 0.343. The van der Waals surface area contributed by atoms with Crippen LogP contribution >= 0.6 is 22.9 Å². The number of hydrogen-bond donors (Lipinski definition) is 0. The quantitative estimate of drug-likeness (QED) is 0.663. The van der Waals surface area contributed by atoms with E-state index in [2.05, 4.69) is 10.2 Å². The summed E-state index contributed by atoms with van der Waals surface area (Å²) >= 11 is 6.20. The average molecular weight is 199 g/mol. The molecule has 56 valence electrons. The number of nitrogens with zero attached hydrogens (tertiary/aromatic N) is 2. The second-order valence-electron chi connectivity index (χ2n) is 1.59. The molecule has 7 heteroatoms. The van der Waals surface area contributed by atoms with Crippen LogP contribution in [0.25, 0.3) is 0 Å². The summed E-state index contributed by atoms with van der Waals surface area (Å²) in [4.78, 5) is 0. The number of halogens is 1. The fraction of sp³-hybridized carbons (Fsp3) is 0.333. The lowest BCUT2D eigenvalue weighted by Crippen LogP contribution is -1.95. The minimum absolute atomic E-state index is 0.0440. The number of rotatable bonds is 1. The zero-order chi connectivity index (χ0) is 7.78. The lowest BCUT2D eigenvalue weighted by Gasteiger charge is -1.83. The molecule has 0 aliphatic rings. The van der Waals surface area contributed by atoms with E-state index in [1.165, 1.54) is 0 Å². The normalized spacial score (nSPS) is 11.8. The molecule has 1 aromatic heterocycles. The van der Waals surface area contributed by atoms with E-state index >= 15 is 0 Å². The number of sulfone groups is 1. The third kappa shape index (κ3) is 1.65. The highest BCUT2D eigenvalue weighted by atomic mass is 35.5. The van der Waals surface area contributed by atoms with E-state index < -0.39 is 9.84 Å². The molecule has 0 fully saturated rings. The van der Waals surface area contributed by atoms with Crippen LogP contribution in [-0.4, -0.2) is 24.9 Å². The third-order valence-corrected chi connectivity index (χ3v) is 3.39. The van der Waals surface area contributed by atoms with Crippen molar-refractivity contribution in [3.63, 3.8) is 0 Å². The minimum Gasteiger partial charge on any atom is -0.221 e. The van der Waals surface area contributed by atoms with E-state index in [0.29, 0.717) is 0 Å². The van der Waals surface area contributed by atoms with Gasteiger partial charge < -0.3 is 0 Å². The highest BCUT2D eigenvalue weighted by Crippen LogP contribution is 2.18. The summed E-state index contributed by atoms with van der Waals surface area (Å²) in [6.45, 7) is 0. The number of hydrogen-bond acceptors (Lipinski definition) is 5. The van der Waals surface area contributed by atoms with Gasteiger partial charge in [-0.1, -0.05) is 11.3 Å². The van der Waals surface area contributed by atoms with Gasteiger partial charge in [0.25, 0.3) is 0 Å². The fourth-order valence-corrected chi connectivity index (χ4v) is 2.08. The standard InChI is InChI=1S/C3H3ClN2O2S2/c1-10(7,8)3-6-5-2(4)9-3/h1H3. The molecule has 1 heterocycles. The molecule has 1 rings (SSSR count). The van der Waals surface area contributed by atoms with Gasteiger partial charge in [0.1, 0.15) is 0 Å². The summed E-state index contributed by atoms with van der Waals surface area (Å²) in [6, 6.07) is 0. The van der Waals surface area contributed by atoms with E-state index in [0.717, 1.165) is 17.6 Å². The minimum atomic E-state index is -3.22. The molecule has 0 N–H and O–H groups in total. The molecule has 0 aliphatic carbocycles. The zero-order valence-electron chi connectivity index (χ0n) is 4.91. The lowest BCUT2D eigenvalue weighted by atomic mass is 11.6. The Hall–Kier alpha value is -0.200. The molecule has 0 aliphatic heterocycles. The summed E-state index contributed by atoms with van der Waals surface area (Å²) in [7, 11) is -3.22. The van der Waals surface area contributed by atoms with E-state index in [9.17, 15) is 8.42 Å². The third-order valence-electron chi connectivity index (χ3n) is 0.699. The largest absolute Gasteiger partial charge is 0.233 e. The van der Waals surface area contributed by atoms with Crippen molar-refractivity contribution in [2.24, 2.45) is 0 Å². The number of aromatic nitrogens is 2. The molecule has 0 saturated carbocycles. The predicted octanol–water partition coefficient (Wildman–Crippen LogP) is 0.595. The van der Waals surface area contributed by atoms with Crippen molar-refractivity contribution in [1.82, 2.24) is 10.2 Å². The summed E-state index contributed by atoms with van der Waals surface area (Å²) in [5.74, 6) is 0. The molecule has 0 bridgehead atoms. The summed E-state index contributed by atoms with van der Waals surface area (Å²) in [6.07, 6.45) is 1.06. The van der Waals surface area contributed by atoms with Crippen LogP contribution in [0.15, 0.2) is 4.34 Å². The van der Waals surface area contributed by atoms with Crippen molar-refractivity contribution in [1.29, 1.82) is 0 Å². The maximum Gasteiger partial charge on any atom is 0.233 e.